The monoisotopic (exact) mass is 416 g/mol. The van der Waals surface area contributed by atoms with E-state index in [9.17, 15) is 9.59 Å². The molecule has 0 aromatic heterocycles. The number of nitrogens with one attached hydrogen (secondary N) is 2. The largest absolute Gasteiger partial charge is 0.454 e. The number of piperazine rings is 1. The van der Waals surface area contributed by atoms with Gasteiger partial charge in [0.1, 0.15) is 0 Å². The van der Waals surface area contributed by atoms with E-state index in [2.05, 4.69) is 5.32 Å². The third-order valence-electron chi connectivity index (χ3n) is 5.44. The molecule has 0 spiro atoms. The Morgan fingerprint density at radius 3 is 2.59 bits per heavy atom. The molecule has 4 rings (SSSR count). The first-order valence-electron chi connectivity index (χ1n) is 9.62. The van der Waals surface area contributed by atoms with Gasteiger partial charge in [0.2, 0.25) is 6.79 Å². The fourth-order valence-electron chi connectivity index (χ4n) is 3.65. The van der Waals surface area contributed by atoms with Crippen molar-refractivity contribution in [1.29, 1.82) is 0 Å². The van der Waals surface area contributed by atoms with Gasteiger partial charge in [0.05, 0.1) is 36.8 Å². The molecule has 152 valence electrons. The quantitative estimate of drug-likeness (QED) is 0.791. The highest BCUT2D eigenvalue weighted by Crippen LogP contribution is 2.34. The second kappa shape index (κ2) is 8.31. The number of carbonyl (C=O) groups excluding carboxylic acids is 2. The zero-order valence-electron chi connectivity index (χ0n) is 16.1. The Balaban J connectivity index is 1.32. The molecule has 0 aliphatic carbocycles. The van der Waals surface area contributed by atoms with E-state index < -0.39 is 0 Å². The van der Waals surface area contributed by atoms with Crippen molar-refractivity contribution in [1.82, 2.24) is 4.90 Å². The third kappa shape index (κ3) is 4.16. The van der Waals surface area contributed by atoms with Crippen LogP contribution in [0.3, 0.4) is 0 Å². The smallest absolute Gasteiger partial charge is 0.282 e. The van der Waals surface area contributed by atoms with Crippen LogP contribution in [0.4, 0.5) is 5.69 Å². The van der Waals surface area contributed by atoms with E-state index in [1.54, 1.807) is 35.2 Å². The Labute approximate surface area is 174 Å². The molecule has 1 fully saturated rings. The Bertz CT molecular complexity index is 928. The molecule has 0 saturated carbocycles. The van der Waals surface area contributed by atoms with Gasteiger partial charge >= 0.3 is 0 Å². The number of fused-ring (bicyclic) bond motifs is 1. The molecule has 2 amide bonds. The van der Waals surface area contributed by atoms with Gasteiger partial charge in [-0.3, -0.25) is 9.59 Å². The summed E-state index contributed by atoms with van der Waals surface area (Å²) < 4.78 is 10.6. The zero-order chi connectivity index (χ0) is 20.4. The fourth-order valence-corrected chi connectivity index (χ4v) is 3.86. The lowest BCUT2D eigenvalue weighted by molar-refractivity contribution is -0.917. The van der Waals surface area contributed by atoms with Crippen molar-refractivity contribution in [3.05, 3.63) is 53.1 Å². The van der Waals surface area contributed by atoms with Gasteiger partial charge in [-0.05, 0) is 31.2 Å². The minimum absolute atomic E-state index is 0.0629. The van der Waals surface area contributed by atoms with Crippen molar-refractivity contribution in [3.63, 3.8) is 0 Å². The summed E-state index contributed by atoms with van der Waals surface area (Å²) in [7, 11) is 0. The maximum absolute atomic E-state index is 12.7. The number of carbonyl (C=O) groups is 2. The van der Waals surface area contributed by atoms with E-state index >= 15 is 0 Å². The van der Waals surface area contributed by atoms with Crippen molar-refractivity contribution < 1.29 is 24.0 Å². The van der Waals surface area contributed by atoms with Crippen molar-refractivity contribution in [2.45, 2.75) is 13.0 Å². The van der Waals surface area contributed by atoms with Gasteiger partial charge in [-0.2, -0.15) is 0 Å². The number of nitrogens with zero attached hydrogens (tertiary/aromatic N) is 1. The van der Waals surface area contributed by atoms with Gasteiger partial charge in [0.15, 0.2) is 17.5 Å². The Hall–Kier alpha value is -2.77. The summed E-state index contributed by atoms with van der Waals surface area (Å²) in [6, 6.07) is 12.2. The van der Waals surface area contributed by atoms with Crippen LogP contribution in [0.25, 0.3) is 0 Å². The number of quaternary nitrogens is 1. The van der Waals surface area contributed by atoms with Crippen LogP contribution in [-0.2, 0) is 4.79 Å². The number of rotatable bonds is 4. The zero-order valence-corrected chi connectivity index (χ0v) is 16.9. The van der Waals surface area contributed by atoms with Gasteiger partial charge < -0.3 is 24.6 Å². The molecule has 2 N–H and O–H groups in total. The molecular weight excluding hydrogens is 394 g/mol. The predicted octanol–water partition coefficient (Wildman–Crippen LogP) is 1.44. The summed E-state index contributed by atoms with van der Waals surface area (Å²) in [6.07, 6.45) is 0. The van der Waals surface area contributed by atoms with Crippen LogP contribution in [0, 0.1) is 0 Å². The topological polar surface area (TPSA) is 72.3 Å². The highest BCUT2D eigenvalue weighted by atomic mass is 35.5. The molecule has 2 aromatic rings. The average Bonchev–Trinajstić information content (AvgIpc) is 3.21. The third-order valence-corrected chi connectivity index (χ3v) is 5.77. The van der Waals surface area contributed by atoms with E-state index in [4.69, 9.17) is 21.1 Å². The van der Waals surface area contributed by atoms with Crippen LogP contribution in [0.15, 0.2) is 42.5 Å². The molecular formula is C21H23ClN3O4+. The van der Waals surface area contributed by atoms with Crippen LogP contribution >= 0.6 is 11.6 Å². The first-order chi connectivity index (χ1) is 14.0. The highest BCUT2D eigenvalue weighted by Gasteiger charge is 2.31. The SMILES string of the molecule is C[C@@H](C(=O)Nc1ccc2c(c1)OCO2)[NH+]1CCN(C(=O)c2ccccc2Cl)CC1. The standard InChI is InChI=1S/C21H22ClN3O4/c1-14(20(26)23-15-6-7-18-19(12-15)29-13-28-18)24-8-10-25(11-9-24)21(27)16-4-2-3-5-17(16)22/h2-7,12,14H,8-11,13H2,1H3,(H,23,26)/p+1/t14-/m0/s1. The molecule has 0 bridgehead atoms. The molecule has 1 atom stereocenters. The minimum Gasteiger partial charge on any atom is -0.454 e. The number of ether oxygens (including phenoxy) is 2. The lowest BCUT2D eigenvalue weighted by Gasteiger charge is -2.35. The molecule has 0 unspecified atom stereocenters. The molecule has 2 aliphatic rings. The normalized spacial score (nSPS) is 17.1. The van der Waals surface area contributed by atoms with E-state index in [-0.39, 0.29) is 24.6 Å². The highest BCUT2D eigenvalue weighted by molar-refractivity contribution is 6.33. The average molecular weight is 417 g/mol. The van der Waals surface area contributed by atoms with Gasteiger partial charge in [-0.25, -0.2) is 0 Å². The second-order valence-corrected chi connectivity index (χ2v) is 7.62. The summed E-state index contributed by atoms with van der Waals surface area (Å²) in [5.74, 6) is 1.19. The molecule has 1 saturated heterocycles. The first kappa shape index (κ1) is 19.5. The summed E-state index contributed by atoms with van der Waals surface area (Å²) in [5, 5.41) is 3.40. The summed E-state index contributed by atoms with van der Waals surface area (Å²) in [6.45, 7) is 4.67. The van der Waals surface area contributed by atoms with Crippen LogP contribution in [-0.4, -0.2) is 55.7 Å². The van der Waals surface area contributed by atoms with Gasteiger partial charge in [-0.1, -0.05) is 23.7 Å². The van der Waals surface area contributed by atoms with E-state index in [1.807, 2.05) is 19.1 Å². The van der Waals surface area contributed by atoms with Gasteiger partial charge in [-0.15, -0.1) is 0 Å². The van der Waals surface area contributed by atoms with Crippen molar-refractivity contribution >= 4 is 29.1 Å². The fraction of sp³-hybridized carbons (Fsp3) is 0.333. The van der Waals surface area contributed by atoms with Gasteiger partial charge in [0.25, 0.3) is 11.8 Å². The Morgan fingerprint density at radius 1 is 1.10 bits per heavy atom. The lowest BCUT2D eigenvalue weighted by atomic mass is 10.1. The lowest BCUT2D eigenvalue weighted by Crippen LogP contribution is -3.19. The predicted molar refractivity (Wildman–Crippen MR) is 109 cm³/mol. The van der Waals surface area contributed by atoms with E-state index in [1.165, 1.54) is 0 Å². The molecule has 7 nitrogen and oxygen atoms in total. The van der Waals surface area contributed by atoms with E-state index in [0.29, 0.717) is 54.0 Å². The Morgan fingerprint density at radius 2 is 1.83 bits per heavy atom. The number of amides is 2. The van der Waals surface area contributed by atoms with E-state index in [0.717, 1.165) is 4.90 Å². The summed E-state index contributed by atoms with van der Waals surface area (Å²) in [5.41, 5.74) is 1.20. The van der Waals surface area contributed by atoms with Crippen LogP contribution in [0.1, 0.15) is 17.3 Å². The maximum Gasteiger partial charge on any atom is 0.282 e. The molecule has 2 heterocycles. The van der Waals surface area contributed by atoms with Crippen molar-refractivity contribution in [2.24, 2.45) is 0 Å². The summed E-state index contributed by atoms with van der Waals surface area (Å²) in [4.78, 5) is 28.3. The molecule has 2 aliphatic heterocycles. The Kier molecular flexibility index (Phi) is 5.60. The van der Waals surface area contributed by atoms with Crippen LogP contribution < -0.4 is 19.7 Å². The molecule has 0 radical (unpaired) electrons. The number of hydrogen-bond acceptors (Lipinski definition) is 4. The first-order valence-corrected chi connectivity index (χ1v) is 9.99. The van der Waals surface area contributed by atoms with Crippen molar-refractivity contribution in [2.75, 3.05) is 38.3 Å². The van der Waals surface area contributed by atoms with Crippen molar-refractivity contribution in [3.8, 4) is 11.5 Å². The number of hydrogen-bond donors (Lipinski definition) is 2. The van der Waals surface area contributed by atoms with Crippen LogP contribution in [0.2, 0.25) is 5.02 Å². The molecule has 8 heteroatoms. The van der Waals surface area contributed by atoms with Gasteiger partial charge in [0, 0.05) is 11.8 Å². The number of halogens is 1. The maximum atomic E-state index is 12.7. The number of benzene rings is 2. The second-order valence-electron chi connectivity index (χ2n) is 7.21. The minimum atomic E-state index is -0.238. The molecule has 2 aromatic carbocycles. The molecule has 29 heavy (non-hydrogen) atoms. The van der Waals surface area contributed by atoms with Crippen LogP contribution in [0.5, 0.6) is 11.5 Å². The summed E-state index contributed by atoms with van der Waals surface area (Å²) >= 11 is 6.15. The number of anilines is 1.